The maximum absolute atomic E-state index is 13.0. The molecule has 2 aromatic carbocycles. The summed E-state index contributed by atoms with van der Waals surface area (Å²) in [5.74, 6) is -0.239. The van der Waals surface area contributed by atoms with Crippen LogP contribution in [0.25, 0.3) is 11.3 Å². The zero-order valence-corrected chi connectivity index (χ0v) is 15.8. The van der Waals surface area contributed by atoms with Crippen molar-refractivity contribution in [1.82, 2.24) is 9.88 Å². The molecule has 2 heterocycles. The van der Waals surface area contributed by atoms with Crippen LogP contribution >= 0.6 is 11.3 Å². The summed E-state index contributed by atoms with van der Waals surface area (Å²) in [5.41, 5.74) is 7.35. The van der Waals surface area contributed by atoms with Gasteiger partial charge in [0.2, 0.25) is 5.13 Å². The Morgan fingerprint density at radius 3 is 2.52 bits per heavy atom. The number of nitrogens with zero attached hydrogens (tertiary/aromatic N) is 3. The molecule has 0 spiro atoms. The van der Waals surface area contributed by atoms with Crippen molar-refractivity contribution in [2.45, 2.75) is 19.4 Å². The van der Waals surface area contributed by atoms with Crippen LogP contribution in [0.3, 0.4) is 0 Å². The number of rotatable bonds is 5. The van der Waals surface area contributed by atoms with Crippen LogP contribution in [0.4, 0.5) is 9.52 Å². The predicted molar refractivity (Wildman–Crippen MR) is 110 cm³/mol. The number of anilines is 1. The second-order valence-corrected chi connectivity index (χ2v) is 7.45. The second kappa shape index (κ2) is 8.41. The number of nitrogens with one attached hydrogen (secondary N) is 1. The van der Waals surface area contributed by atoms with Crippen LogP contribution in [-0.4, -0.2) is 28.7 Å². The molecule has 1 aliphatic heterocycles. The van der Waals surface area contributed by atoms with Crippen molar-refractivity contribution in [3.63, 3.8) is 0 Å². The summed E-state index contributed by atoms with van der Waals surface area (Å²) >= 11 is 1.51. The molecule has 0 bridgehead atoms. The van der Waals surface area contributed by atoms with E-state index in [4.69, 9.17) is 0 Å². The summed E-state index contributed by atoms with van der Waals surface area (Å²) in [6.45, 7) is 3.04. The second-order valence-electron chi connectivity index (χ2n) is 6.60. The first-order valence-corrected chi connectivity index (χ1v) is 9.93. The lowest BCUT2D eigenvalue weighted by Crippen LogP contribution is -2.33. The third-order valence-corrected chi connectivity index (χ3v) is 5.38. The van der Waals surface area contributed by atoms with E-state index in [0.29, 0.717) is 0 Å². The monoisotopic (exact) mass is 380 g/mol. The first-order chi connectivity index (χ1) is 13.3. The Morgan fingerprint density at radius 2 is 1.78 bits per heavy atom. The van der Waals surface area contributed by atoms with Gasteiger partial charge in [0.15, 0.2) is 0 Å². The minimum atomic E-state index is -0.239. The molecule has 0 unspecified atom stereocenters. The third-order valence-electron chi connectivity index (χ3n) is 4.64. The molecular formula is C21H21FN4S. The van der Waals surface area contributed by atoms with Crippen LogP contribution < -0.4 is 5.43 Å². The highest BCUT2D eigenvalue weighted by Gasteiger charge is 2.15. The fraction of sp³-hybridized carbons (Fsp3) is 0.238. The van der Waals surface area contributed by atoms with Crippen molar-refractivity contribution < 1.29 is 4.39 Å². The molecule has 0 atom stereocenters. The van der Waals surface area contributed by atoms with Crippen LogP contribution in [0, 0.1) is 5.82 Å². The van der Waals surface area contributed by atoms with E-state index < -0.39 is 0 Å². The van der Waals surface area contributed by atoms with Gasteiger partial charge in [-0.1, -0.05) is 30.3 Å². The highest BCUT2D eigenvalue weighted by molar-refractivity contribution is 7.14. The molecule has 0 amide bonds. The number of likely N-dealkylation sites (tertiary alicyclic amines) is 1. The van der Waals surface area contributed by atoms with Crippen molar-refractivity contribution in [2.75, 3.05) is 18.5 Å². The zero-order valence-electron chi connectivity index (χ0n) is 14.9. The molecule has 1 saturated heterocycles. The fourth-order valence-corrected chi connectivity index (χ4v) is 3.79. The fourth-order valence-electron chi connectivity index (χ4n) is 3.13. The van der Waals surface area contributed by atoms with E-state index in [9.17, 15) is 4.39 Å². The van der Waals surface area contributed by atoms with Crippen molar-refractivity contribution in [2.24, 2.45) is 5.10 Å². The molecule has 3 aromatic rings. The Labute approximate surface area is 162 Å². The summed E-state index contributed by atoms with van der Waals surface area (Å²) in [5, 5.41) is 7.26. The summed E-state index contributed by atoms with van der Waals surface area (Å²) in [7, 11) is 0. The molecule has 0 radical (unpaired) electrons. The van der Waals surface area contributed by atoms with Gasteiger partial charge in [-0.15, -0.1) is 11.3 Å². The van der Waals surface area contributed by atoms with Crippen LogP contribution in [0.15, 0.2) is 65.1 Å². The van der Waals surface area contributed by atoms with Crippen LogP contribution in [0.2, 0.25) is 0 Å². The van der Waals surface area contributed by atoms with Gasteiger partial charge in [0.05, 0.1) is 5.69 Å². The van der Waals surface area contributed by atoms with Gasteiger partial charge < -0.3 is 0 Å². The van der Waals surface area contributed by atoms with E-state index in [0.717, 1.165) is 48.9 Å². The van der Waals surface area contributed by atoms with E-state index in [1.165, 1.54) is 34.7 Å². The van der Waals surface area contributed by atoms with Gasteiger partial charge in [-0.25, -0.2) is 9.37 Å². The Bertz CT molecular complexity index is 895. The highest BCUT2D eigenvalue weighted by Crippen LogP contribution is 2.25. The molecular weight excluding hydrogens is 359 g/mol. The van der Waals surface area contributed by atoms with Crippen molar-refractivity contribution in [3.8, 4) is 11.3 Å². The minimum Gasteiger partial charge on any atom is -0.298 e. The standard InChI is InChI=1S/C21H21FN4S/c22-18-8-6-17(7-9-18)20-15-27-21(23-20)25-24-19-10-12-26(13-11-19)14-16-4-2-1-3-5-16/h1-9,15H,10-14H2,(H,23,25). The quantitative estimate of drug-likeness (QED) is 0.632. The van der Waals surface area contributed by atoms with Gasteiger partial charge in [-0.3, -0.25) is 10.3 Å². The van der Waals surface area contributed by atoms with Crippen LogP contribution in [-0.2, 0) is 6.54 Å². The molecule has 138 valence electrons. The maximum Gasteiger partial charge on any atom is 0.203 e. The van der Waals surface area contributed by atoms with Gasteiger partial charge in [0.1, 0.15) is 5.82 Å². The van der Waals surface area contributed by atoms with Crippen LogP contribution in [0.1, 0.15) is 18.4 Å². The first-order valence-electron chi connectivity index (χ1n) is 9.05. The maximum atomic E-state index is 13.0. The van der Waals surface area contributed by atoms with Gasteiger partial charge in [-0.05, 0) is 29.8 Å². The Hall–Kier alpha value is -2.57. The zero-order chi connectivity index (χ0) is 18.5. The SMILES string of the molecule is Fc1ccc(-c2csc(NN=C3CCN(Cc4ccccc4)CC3)n2)cc1. The van der Waals surface area contributed by atoms with Crippen LogP contribution in [0.5, 0.6) is 0 Å². The summed E-state index contributed by atoms with van der Waals surface area (Å²) < 4.78 is 13.0. The molecule has 4 rings (SSSR count). The first kappa shape index (κ1) is 17.8. The van der Waals surface area contributed by atoms with E-state index in [1.807, 2.05) is 5.38 Å². The molecule has 0 aliphatic carbocycles. The van der Waals surface area contributed by atoms with Crippen molar-refractivity contribution in [3.05, 3.63) is 71.4 Å². The molecule has 0 saturated carbocycles. The number of piperidine rings is 1. The number of thiazole rings is 1. The molecule has 1 aromatic heterocycles. The molecule has 1 aliphatic rings. The number of hydrogen-bond acceptors (Lipinski definition) is 5. The Balaban J connectivity index is 1.30. The molecule has 27 heavy (non-hydrogen) atoms. The Kier molecular flexibility index (Phi) is 5.55. The lowest BCUT2D eigenvalue weighted by atomic mass is 10.1. The summed E-state index contributed by atoms with van der Waals surface area (Å²) in [6.07, 6.45) is 1.94. The number of hydrazone groups is 1. The summed E-state index contributed by atoms with van der Waals surface area (Å²) in [4.78, 5) is 7.00. The predicted octanol–water partition coefficient (Wildman–Crippen LogP) is 5.01. The molecule has 1 N–H and O–H groups in total. The van der Waals surface area contributed by atoms with E-state index in [-0.39, 0.29) is 5.82 Å². The molecule has 1 fully saturated rings. The lowest BCUT2D eigenvalue weighted by Gasteiger charge is -2.27. The topological polar surface area (TPSA) is 40.5 Å². The summed E-state index contributed by atoms with van der Waals surface area (Å²) in [6, 6.07) is 16.9. The van der Waals surface area contributed by atoms with Gasteiger partial charge in [0, 0.05) is 49.1 Å². The number of benzene rings is 2. The average Bonchev–Trinajstić information content (AvgIpc) is 3.18. The minimum absolute atomic E-state index is 0.239. The average molecular weight is 380 g/mol. The third kappa shape index (κ3) is 4.78. The number of hydrogen-bond donors (Lipinski definition) is 1. The number of halogens is 1. The molecule has 6 heteroatoms. The normalized spacial score (nSPS) is 14.9. The van der Waals surface area contributed by atoms with Crippen molar-refractivity contribution in [1.29, 1.82) is 0 Å². The number of aromatic nitrogens is 1. The lowest BCUT2D eigenvalue weighted by molar-refractivity contribution is 0.266. The largest absolute Gasteiger partial charge is 0.298 e. The van der Waals surface area contributed by atoms with E-state index >= 15 is 0 Å². The van der Waals surface area contributed by atoms with Gasteiger partial charge in [-0.2, -0.15) is 5.10 Å². The van der Waals surface area contributed by atoms with E-state index in [2.05, 4.69) is 50.7 Å². The van der Waals surface area contributed by atoms with Gasteiger partial charge >= 0.3 is 0 Å². The van der Waals surface area contributed by atoms with Crippen molar-refractivity contribution >= 4 is 22.2 Å². The van der Waals surface area contributed by atoms with E-state index in [1.54, 1.807) is 12.1 Å². The Morgan fingerprint density at radius 1 is 1.04 bits per heavy atom. The smallest absolute Gasteiger partial charge is 0.203 e. The highest BCUT2D eigenvalue weighted by atomic mass is 32.1. The van der Waals surface area contributed by atoms with Gasteiger partial charge in [0.25, 0.3) is 0 Å². The molecule has 4 nitrogen and oxygen atoms in total.